The summed E-state index contributed by atoms with van der Waals surface area (Å²) in [5.41, 5.74) is 2.88. The maximum atomic E-state index is 14.2. The number of likely N-dealkylation sites (tertiary alicyclic amines) is 1. The fraction of sp³-hybridized carbons (Fsp3) is 0.321. The van der Waals surface area contributed by atoms with Gasteiger partial charge in [0, 0.05) is 29.8 Å². The zero-order chi connectivity index (χ0) is 26.4. The number of fused-ring (bicyclic) bond motifs is 3. The molecule has 4 aromatic rings. The van der Waals surface area contributed by atoms with Crippen LogP contribution < -0.4 is 0 Å². The fourth-order valence-corrected chi connectivity index (χ4v) is 5.54. The average Bonchev–Trinajstić information content (AvgIpc) is 3.54. The highest BCUT2D eigenvalue weighted by atomic mass is 19.4. The van der Waals surface area contributed by atoms with Gasteiger partial charge in [0.15, 0.2) is 17.2 Å². The van der Waals surface area contributed by atoms with Crippen molar-refractivity contribution in [3.8, 4) is 34.0 Å². The van der Waals surface area contributed by atoms with Crippen molar-refractivity contribution in [2.75, 3.05) is 13.1 Å². The molecule has 1 fully saturated rings. The van der Waals surface area contributed by atoms with Crippen LogP contribution in [0.25, 0.3) is 34.0 Å². The van der Waals surface area contributed by atoms with Crippen molar-refractivity contribution in [3.05, 3.63) is 70.8 Å². The van der Waals surface area contributed by atoms with Gasteiger partial charge in [-0.15, -0.1) is 0 Å². The van der Waals surface area contributed by atoms with Gasteiger partial charge < -0.3 is 14.2 Å². The van der Waals surface area contributed by atoms with Gasteiger partial charge in [0.1, 0.15) is 11.3 Å². The molecule has 10 heteroatoms. The highest BCUT2D eigenvalue weighted by Crippen LogP contribution is 2.46. The first-order valence-corrected chi connectivity index (χ1v) is 12.5. The van der Waals surface area contributed by atoms with Crippen LogP contribution in [-0.4, -0.2) is 39.4 Å². The van der Waals surface area contributed by atoms with Crippen molar-refractivity contribution in [1.29, 1.82) is 0 Å². The molecular weight excluding hydrogens is 499 g/mol. The molecule has 1 atom stereocenters. The van der Waals surface area contributed by atoms with Crippen LogP contribution in [0.3, 0.4) is 0 Å². The van der Waals surface area contributed by atoms with Crippen LogP contribution >= 0.6 is 0 Å². The van der Waals surface area contributed by atoms with E-state index in [4.69, 9.17) is 9.05 Å². The van der Waals surface area contributed by atoms with Gasteiger partial charge in [0.2, 0.25) is 0 Å². The Morgan fingerprint density at radius 3 is 2.55 bits per heavy atom. The lowest BCUT2D eigenvalue weighted by Gasteiger charge is -2.30. The highest BCUT2D eigenvalue weighted by molar-refractivity contribution is 5.79. The number of nitrogens with zero attached hydrogens (tertiary/aromatic N) is 3. The number of carboxylic acids is 1. The van der Waals surface area contributed by atoms with E-state index in [2.05, 4.69) is 21.3 Å². The van der Waals surface area contributed by atoms with Crippen LogP contribution in [0, 0.1) is 5.92 Å². The first kappa shape index (κ1) is 24.4. The normalized spacial score (nSPS) is 17.7. The molecule has 196 valence electrons. The number of aryl methyl sites for hydroxylation is 1. The molecule has 38 heavy (non-hydrogen) atoms. The van der Waals surface area contributed by atoms with Gasteiger partial charge in [-0.05, 0) is 43.4 Å². The number of hydrogen-bond donors (Lipinski definition) is 1. The number of benzene rings is 2. The van der Waals surface area contributed by atoms with E-state index in [1.807, 2.05) is 12.1 Å². The second-order valence-electron chi connectivity index (χ2n) is 9.84. The molecule has 1 aliphatic heterocycles. The Balaban J connectivity index is 1.31. The third-order valence-electron chi connectivity index (χ3n) is 7.34. The monoisotopic (exact) mass is 523 g/mol. The number of halogens is 3. The second kappa shape index (κ2) is 9.43. The van der Waals surface area contributed by atoms with E-state index in [0.29, 0.717) is 43.6 Å². The molecule has 1 aliphatic carbocycles. The largest absolute Gasteiger partial charge is 0.481 e. The summed E-state index contributed by atoms with van der Waals surface area (Å²) in [6.45, 7) is 2.01. The van der Waals surface area contributed by atoms with Gasteiger partial charge in [-0.25, -0.2) is 0 Å². The Morgan fingerprint density at radius 2 is 1.79 bits per heavy atom. The molecule has 7 nitrogen and oxygen atoms in total. The number of aliphatic carboxylic acids is 1. The summed E-state index contributed by atoms with van der Waals surface area (Å²) in [5.74, 6) is -1.49. The molecule has 0 amide bonds. The third kappa shape index (κ3) is 4.38. The van der Waals surface area contributed by atoms with Crippen LogP contribution in [0.4, 0.5) is 13.2 Å². The number of piperidine rings is 1. The van der Waals surface area contributed by atoms with E-state index in [0.717, 1.165) is 29.7 Å². The molecule has 0 bridgehead atoms. The third-order valence-corrected chi connectivity index (χ3v) is 7.34. The molecule has 0 spiro atoms. The molecule has 1 unspecified atom stereocenters. The Morgan fingerprint density at radius 1 is 1.03 bits per heavy atom. The molecule has 3 heterocycles. The van der Waals surface area contributed by atoms with Gasteiger partial charge in [-0.2, -0.15) is 13.2 Å². The molecule has 0 saturated carbocycles. The summed E-state index contributed by atoms with van der Waals surface area (Å²) in [5, 5.41) is 17.3. The van der Waals surface area contributed by atoms with E-state index in [-0.39, 0.29) is 23.0 Å². The summed E-state index contributed by atoms with van der Waals surface area (Å²) >= 11 is 0. The predicted octanol–water partition coefficient (Wildman–Crippen LogP) is 6.08. The van der Waals surface area contributed by atoms with Crippen molar-refractivity contribution in [2.24, 2.45) is 5.92 Å². The number of hydrogen-bond acceptors (Lipinski definition) is 6. The smallest absolute Gasteiger partial charge is 0.422 e. The summed E-state index contributed by atoms with van der Waals surface area (Å²) in [6, 6.07) is 14.0. The minimum Gasteiger partial charge on any atom is -0.481 e. The number of carbonyl (C=O) groups is 1. The van der Waals surface area contributed by atoms with Gasteiger partial charge in [-0.3, -0.25) is 9.69 Å². The molecular formula is C28H24F3N3O4. The van der Waals surface area contributed by atoms with E-state index in [1.165, 1.54) is 12.1 Å². The molecule has 2 aromatic heterocycles. The predicted molar refractivity (Wildman–Crippen MR) is 131 cm³/mol. The van der Waals surface area contributed by atoms with Crippen LogP contribution in [0.2, 0.25) is 0 Å². The maximum absolute atomic E-state index is 14.2. The summed E-state index contributed by atoms with van der Waals surface area (Å²) in [7, 11) is 0. The van der Waals surface area contributed by atoms with E-state index in [1.54, 1.807) is 18.2 Å². The number of alkyl halides is 3. The van der Waals surface area contributed by atoms with E-state index in [9.17, 15) is 23.1 Å². The average molecular weight is 524 g/mol. The van der Waals surface area contributed by atoms with E-state index >= 15 is 0 Å². The lowest BCUT2D eigenvalue weighted by atomic mass is 9.87. The lowest BCUT2D eigenvalue weighted by Crippen LogP contribution is -2.38. The van der Waals surface area contributed by atoms with Crippen molar-refractivity contribution in [1.82, 2.24) is 15.2 Å². The minimum atomic E-state index is -4.71. The second-order valence-corrected chi connectivity index (χ2v) is 9.84. The van der Waals surface area contributed by atoms with Crippen molar-refractivity contribution < 1.29 is 32.1 Å². The Kier molecular flexibility index (Phi) is 6.06. The molecule has 6 rings (SSSR count). The Labute approximate surface area is 215 Å². The lowest BCUT2D eigenvalue weighted by molar-refractivity contribution is -0.143. The SMILES string of the molecule is O=C(O)C1CCCN(Cc2ccc3c(c2)CCc2c-3noc2-c2noc(-c3ccccc3)c2C(F)(F)F)C1. The quantitative estimate of drug-likeness (QED) is 0.339. The number of carboxylic acid groups (broad SMARTS) is 1. The molecule has 1 N–H and O–H groups in total. The molecule has 2 aromatic carbocycles. The first-order valence-electron chi connectivity index (χ1n) is 12.5. The summed E-state index contributed by atoms with van der Waals surface area (Å²) in [4.78, 5) is 13.6. The van der Waals surface area contributed by atoms with Crippen LogP contribution in [0.1, 0.15) is 35.1 Å². The number of aromatic nitrogens is 2. The fourth-order valence-electron chi connectivity index (χ4n) is 5.54. The number of rotatable bonds is 5. The minimum absolute atomic E-state index is 0.0268. The summed E-state index contributed by atoms with van der Waals surface area (Å²) < 4.78 is 53.3. The molecule has 2 aliphatic rings. The van der Waals surface area contributed by atoms with Crippen molar-refractivity contribution >= 4 is 5.97 Å². The van der Waals surface area contributed by atoms with Crippen molar-refractivity contribution in [2.45, 2.75) is 38.4 Å². The van der Waals surface area contributed by atoms with E-state index < -0.39 is 23.4 Å². The van der Waals surface area contributed by atoms with Crippen LogP contribution in [-0.2, 0) is 30.4 Å². The van der Waals surface area contributed by atoms with Gasteiger partial charge in [-0.1, -0.05) is 58.8 Å². The maximum Gasteiger partial charge on any atom is 0.422 e. The standard InChI is InChI=1S/C28H24F3N3O4/c29-28(30,31)22-24(33-37-25(22)17-5-2-1-3-6-17)26-21-11-9-18-13-16(8-10-20(18)23(21)32-38-26)14-34-12-4-7-19(15-34)27(35)36/h1-3,5-6,8,10,13,19H,4,7,9,11-12,14-15H2,(H,35,36). The van der Waals surface area contributed by atoms with Gasteiger partial charge in [0.25, 0.3) is 0 Å². The zero-order valence-electron chi connectivity index (χ0n) is 20.3. The molecule has 1 saturated heterocycles. The highest BCUT2D eigenvalue weighted by Gasteiger charge is 2.43. The van der Waals surface area contributed by atoms with Crippen molar-refractivity contribution in [3.63, 3.8) is 0 Å². The van der Waals surface area contributed by atoms with Gasteiger partial charge >= 0.3 is 12.1 Å². The topological polar surface area (TPSA) is 92.6 Å². The Hall–Kier alpha value is -3.92. The van der Waals surface area contributed by atoms with Crippen LogP contribution in [0.5, 0.6) is 0 Å². The first-order chi connectivity index (χ1) is 18.3. The molecule has 0 radical (unpaired) electrons. The summed E-state index contributed by atoms with van der Waals surface area (Å²) in [6.07, 6.45) is -2.12. The zero-order valence-corrected chi connectivity index (χ0v) is 20.3. The van der Waals surface area contributed by atoms with Gasteiger partial charge in [0.05, 0.1) is 5.92 Å². The Bertz CT molecular complexity index is 1490. The van der Waals surface area contributed by atoms with Crippen LogP contribution in [0.15, 0.2) is 57.6 Å².